The Labute approximate surface area is 214 Å². The molecule has 10 heteroatoms. The number of benzene rings is 2. The Hall–Kier alpha value is -3.11. The zero-order valence-electron chi connectivity index (χ0n) is 21.6. The molecule has 2 N–H and O–H groups in total. The topological polar surface area (TPSA) is 85.7 Å². The van der Waals surface area contributed by atoms with E-state index in [0.717, 1.165) is 18.9 Å². The summed E-state index contributed by atoms with van der Waals surface area (Å²) in [5.74, 6) is -2.98. The van der Waals surface area contributed by atoms with Crippen molar-refractivity contribution in [3.63, 3.8) is 0 Å². The van der Waals surface area contributed by atoms with Gasteiger partial charge in [0.2, 0.25) is 0 Å². The Kier molecular flexibility index (Phi) is 7.52. The van der Waals surface area contributed by atoms with Gasteiger partial charge in [0, 0.05) is 23.6 Å². The summed E-state index contributed by atoms with van der Waals surface area (Å²) in [5, 5.41) is 12.8. The molecule has 3 aromatic rings. The van der Waals surface area contributed by atoms with Gasteiger partial charge in [-0.15, -0.1) is 0 Å². The molecule has 0 saturated carbocycles. The van der Waals surface area contributed by atoms with E-state index in [4.69, 9.17) is 19.3 Å². The first-order chi connectivity index (χ1) is 17.5. The number of aliphatic hydroxyl groups is 1. The number of ether oxygens (including phenoxy) is 3. The van der Waals surface area contributed by atoms with E-state index in [2.05, 4.69) is 15.3 Å². The third kappa shape index (κ3) is 5.45. The molecule has 2 atom stereocenters. The van der Waals surface area contributed by atoms with E-state index in [1.54, 1.807) is 33.1 Å². The molecule has 7 nitrogen and oxygen atoms in total. The Bertz CT molecular complexity index is 1280. The average Bonchev–Trinajstić information content (AvgIpc) is 3.40. The molecule has 4 rings (SSSR count). The maximum absolute atomic E-state index is 15.1. The lowest BCUT2D eigenvalue weighted by Gasteiger charge is -2.32. The quantitative estimate of drug-likeness (QED) is 0.376. The molecule has 0 bridgehead atoms. The Morgan fingerprint density at radius 1 is 1.22 bits per heavy atom. The van der Waals surface area contributed by atoms with Crippen LogP contribution >= 0.6 is 0 Å². The number of nitrogens with one attached hydrogen (secondary N) is 1. The number of halogens is 3. The second-order valence-corrected chi connectivity index (χ2v) is 9.78. The van der Waals surface area contributed by atoms with Crippen molar-refractivity contribution in [1.82, 2.24) is 9.97 Å². The van der Waals surface area contributed by atoms with Gasteiger partial charge >= 0.3 is 0 Å². The van der Waals surface area contributed by atoms with Crippen molar-refractivity contribution >= 4 is 16.7 Å². The summed E-state index contributed by atoms with van der Waals surface area (Å²) in [7, 11) is 1.54. The van der Waals surface area contributed by atoms with Crippen LogP contribution in [0.3, 0.4) is 0 Å². The van der Waals surface area contributed by atoms with Crippen molar-refractivity contribution in [2.24, 2.45) is 0 Å². The molecular formula is C27H32F3N3O4. The molecule has 0 spiro atoms. The minimum Gasteiger partial charge on any atom is -0.493 e. The largest absolute Gasteiger partial charge is 0.493 e. The fourth-order valence-electron chi connectivity index (χ4n) is 4.61. The third-order valence-corrected chi connectivity index (χ3v) is 6.61. The number of anilines is 1. The summed E-state index contributed by atoms with van der Waals surface area (Å²) in [6, 6.07) is 6.49. The number of hydrogen-bond donors (Lipinski definition) is 2. The molecular weight excluding hydrogens is 487 g/mol. The summed E-state index contributed by atoms with van der Waals surface area (Å²) in [6.07, 6.45) is 1.77. The van der Waals surface area contributed by atoms with E-state index in [1.165, 1.54) is 12.1 Å². The number of hydrogen-bond acceptors (Lipinski definition) is 7. The molecule has 200 valence electrons. The van der Waals surface area contributed by atoms with Gasteiger partial charge in [-0.1, -0.05) is 12.1 Å². The molecule has 1 saturated heterocycles. The summed E-state index contributed by atoms with van der Waals surface area (Å²) in [5.41, 5.74) is -0.908. The minimum absolute atomic E-state index is 0.0135. The lowest BCUT2D eigenvalue weighted by atomic mass is 9.98. The molecule has 0 radical (unpaired) electrons. The lowest BCUT2D eigenvalue weighted by Crippen LogP contribution is -2.41. The van der Waals surface area contributed by atoms with Crippen molar-refractivity contribution in [3.8, 4) is 11.5 Å². The van der Waals surface area contributed by atoms with Crippen LogP contribution in [0, 0.1) is 12.7 Å². The molecule has 1 aliphatic heterocycles. The molecule has 2 heterocycles. The number of alkyl halides is 2. The van der Waals surface area contributed by atoms with Gasteiger partial charge in [-0.05, 0) is 52.7 Å². The average molecular weight is 520 g/mol. The van der Waals surface area contributed by atoms with Crippen molar-refractivity contribution < 1.29 is 32.5 Å². The molecule has 1 unspecified atom stereocenters. The standard InChI is InChI=1S/C27H32F3N3O4/c1-15(17-8-6-9-19(24(17)28)27(29,30)14-34)31-25-18-12-22(37-26(3,4)23-10-7-11-36-23)21(35-5)13-20(18)32-16(2)33-25/h6,8-9,12-13,15,23,34H,7,10-11,14H2,1-5H3,(H,31,32,33)/t15-,23?/m1/s1. The van der Waals surface area contributed by atoms with Crippen LogP contribution in [0.2, 0.25) is 0 Å². The van der Waals surface area contributed by atoms with Crippen LogP contribution < -0.4 is 14.8 Å². The maximum atomic E-state index is 15.1. The number of methoxy groups -OCH3 is 1. The second kappa shape index (κ2) is 10.3. The van der Waals surface area contributed by atoms with Gasteiger partial charge in [-0.25, -0.2) is 14.4 Å². The van der Waals surface area contributed by atoms with Crippen LogP contribution in [0.1, 0.15) is 56.6 Å². The Morgan fingerprint density at radius 2 is 1.97 bits per heavy atom. The van der Waals surface area contributed by atoms with E-state index in [9.17, 15) is 8.78 Å². The highest BCUT2D eigenvalue weighted by Gasteiger charge is 2.37. The van der Waals surface area contributed by atoms with E-state index >= 15 is 4.39 Å². The van der Waals surface area contributed by atoms with Gasteiger partial charge in [0.1, 0.15) is 29.7 Å². The van der Waals surface area contributed by atoms with E-state index < -0.39 is 35.6 Å². The van der Waals surface area contributed by atoms with Crippen LogP contribution in [-0.2, 0) is 10.7 Å². The highest BCUT2D eigenvalue weighted by Crippen LogP contribution is 2.39. The predicted octanol–water partition coefficient (Wildman–Crippen LogP) is 5.68. The number of nitrogens with zero attached hydrogens (tertiary/aromatic N) is 2. The first-order valence-electron chi connectivity index (χ1n) is 12.2. The lowest BCUT2D eigenvalue weighted by molar-refractivity contribution is -0.0583. The zero-order valence-corrected chi connectivity index (χ0v) is 21.6. The summed E-state index contributed by atoms with van der Waals surface area (Å²) in [4.78, 5) is 9.00. The molecule has 37 heavy (non-hydrogen) atoms. The molecule has 2 aromatic carbocycles. The Morgan fingerprint density at radius 3 is 2.62 bits per heavy atom. The van der Waals surface area contributed by atoms with E-state index in [0.29, 0.717) is 40.7 Å². The minimum atomic E-state index is -3.70. The van der Waals surface area contributed by atoms with E-state index in [1.807, 2.05) is 13.8 Å². The van der Waals surface area contributed by atoms with Crippen molar-refractivity contribution in [2.75, 3.05) is 25.6 Å². The monoisotopic (exact) mass is 519 g/mol. The fourth-order valence-corrected chi connectivity index (χ4v) is 4.61. The van der Waals surface area contributed by atoms with Crippen molar-refractivity contribution in [2.45, 2.75) is 64.2 Å². The van der Waals surface area contributed by atoms with Crippen LogP contribution in [0.4, 0.5) is 19.0 Å². The number of rotatable bonds is 9. The van der Waals surface area contributed by atoms with Crippen molar-refractivity contribution in [3.05, 3.63) is 53.1 Å². The fraction of sp³-hybridized carbons (Fsp3) is 0.481. The van der Waals surface area contributed by atoms with Crippen LogP contribution in [0.25, 0.3) is 10.9 Å². The van der Waals surface area contributed by atoms with Gasteiger partial charge in [-0.3, -0.25) is 0 Å². The molecule has 1 aliphatic rings. The SMILES string of the molecule is COc1cc2nc(C)nc(N[C@H](C)c3cccc(C(F)(F)CO)c3F)c2cc1OC(C)(C)C1CCCO1. The summed E-state index contributed by atoms with van der Waals surface area (Å²) >= 11 is 0. The van der Waals surface area contributed by atoms with Gasteiger partial charge < -0.3 is 24.6 Å². The number of aliphatic hydroxyl groups excluding tert-OH is 1. The highest BCUT2D eigenvalue weighted by molar-refractivity contribution is 5.92. The third-order valence-electron chi connectivity index (χ3n) is 6.61. The molecule has 1 aromatic heterocycles. The van der Waals surface area contributed by atoms with Crippen LogP contribution in [-0.4, -0.2) is 47.1 Å². The predicted molar refractivity (Wildman–Crippen MR) is 134 cm³/mol. The van der Waals surface area contributed by atoms with Gasteiger partial charge in [0.05, 0.1) is 30.3 Å². The first-order valence-corrected chi connectivity index (χ1v) is 12.2. The molecule has 1 fully saturated rings. The van der Waals surface area contributed by atoms with Crippen LogP contribution in [0.5, 0.6) is 11.5 Å². The smallest absolute Gasteiger partial charge is 0.298 e. The molecule has 0 amide bonds. The molecule has 0 aliphatic carbocycles. The summed E-state index contributed by atoms with van der Waals surface area (Å²) in [6.45, 7) is 6.47. The number of fused-ring (bicyclic) bond motifs is 1. The van der Waals surface area contributed by atoms with Gasteiger partial charge in [-0.2, -0.15) is 8.78 Å². The summed E-state index contributed by atoms with van der Waals surface area (Å²) < 4.78 is 61.0. The Balaban J connectivity index is 1.73. The number of aryl methyl sites for hydroxylation is 1. The second-order valence-electron chi connectivity index (χ2n) is 9.78. The van der Waals surface area contributed by atoms with Crippen LogP contribution in [0.15, 0.2) is 30.3 Å². The van der Waals surface area contributed by atoms with Gasteiger partial charge in [0.15, 0.2) is 11.5 Å². The van der Waals surface area contributed by atoms with Gasteiger partial charge in [0.25, 0.3) is 5.92 Å². The van der Waals surface area contributed by atoms with E-state index in [-0.39, 0.29) is 11.7 Å². The normalized spacial score (nSPS) is 17.2. The first kappa shape index (κ1) is 26.9. The zero-order chi connectivity index (χ0) is 27.0. The highest BCUT2D eigenvalue weighted by atomic mass is 19.3. The number of aromatic nitrogens is 2. The van der Waals surface area contributed by atoms with Crippen molar-refractivity contribution in [1.29, 1.82) is 0 Å². The maximum Gasteiger partial charge on any atom is 0.298 e.